The number of methoxy groups -OCH3 is 2. The van der Waals surface area contributed by atoms with Gasteiger partial charge in [-0.3, -0.25) is 9.69 Å². The van der Waals surface area contributed by atoms with Crippen LogP contribution in [0.5, 0.6) is 0 Å². The standard InChI is InChI=1S/C26H43NO4/c1-17(27(4)16-23(30-5)31-6)18-11-14-26(29)21-15-22(28)20-9-7-8-12-24(20,2)19(21)10-13-25(18,26)3/h15,17-20,23,29H,7-14,16H2,1-6H3/t17?,18?,19?,20?,24?,25?,26-/m1/s1. The van der Waals surface area contributed by atoms with E-state index in [0.29, 0.717) is 24.4 Å². The fourth-order valence-electron chi connectivity index (χ4n) is 8.16. The van der Waals surface area contributed by atoms with Crippen LogP contribution in [0.3, 0.4) is 0 Å². The second kappa shape index (κ2) is 8.23. The summed E-state index contributed by atoms with van der Waals surface area (Å²) in [6.45, 7) is 7.60. The summed E-state index contributed by atoms with van der Waals surface area (Å²) in [5.41, 5.74) is 0.0345. The van der Waals surface area contributed by atoms with Gasteiger partial charge in [0.15, 0.2) is 12.1 Å². The highest BCUT2D eigenvalue weighted by Crippen LogP contribution is 2.67. The Morgan fingerprint density at radius 2 is 1.81 bits per heavy atom. The number of rotatable bonds is 6. The molecular formula is C26H43NO4. The number of carbonyl (C=O) groups is 1. The third-order valence-electron chi connectivity index (χ3n) is 10.3. The molecule has 0 aliphatic heterocycles. The number of aliphatic hydroxyl groups is 1. The average molecular weight is 434 g/mol. The second-order valence-corrected chi connectivity index (χ2v) is 11.4. The van der Waals surface area contributed by atoms with Crippen molar-refractivity contribution in [3.8, 4) is 0 Å². The maximum absolute atomic E-state index is 13.2. The van der Waals surface area contributed by atoms with Gasteiger partial charge in [-0.05, 0) is 81.4 Å². The SMILES string of the molecule is COC(CN(C)C(C)C1CC[C@@]2(O)C3=CC(=O)C4CCCCC4(C)C3CCC12C)OC. The Morgan fingerprint density at radius 1 is 1.10 bits per heavy atom. The number of ether oxygens (including phenoxy) is 2. The van der Waals surface area contributed by atoms with Gasteiger partial charge >= 0.3 is 0 Å². The zero-order valence-electron chi connectivity index (χ0n) is 20.4. The summed E-state index contributed by atoms with van der Waals surface area (Å²) in [6, 6.07) is 0.293. The summed E-state index contributed by atoms with van der Waals surface area (Å²) in [4.78, 5) is 15.5. The molecule has 0 spiro atoms. The molecule has 4 aliphatic rings. The van der Waals surface area contributed by atoms with Crippen molar-refractivity contribution in [1.29, 1.82) is 0 Å². The molecule has 4 aliphatic carbocycles. The van der Waals surface area contributed by atoms with Crippen LogP contribution in [0, 0.1) is 28.6 Å². The summed E-state index contributed by atoms with van der Waals surface area (Å²) in [5.74, 6) is 1.16. The number of carbonyl (C=O) groups excluding carboxylic acids is 1. The first-order valence-electron chi connectivity index (χ1n) is 12.4. The molecule has 3 fully saturated rings. The molecule has 0 bridgehead atoms. The van der Waals surface area contributed by atoms with Gasteiger partial charge in [-0.15, -0.1) is 0 Å². The van der Waals surface area contributed by atoms with Crippen LogP contribution in [0.1, 0.15) is 72.1 Å². The van der Waals surface area contributed by atoms with E-state index >= 15 is 0 Å². The van der Waals surface area contributed by atoms with Gasteiger partial charge < -0.3 is 14.6 Å². The molecule has 0 aromatic heterocycles. The predicted molar refractivity (Wildman–Crippen MR) is 122 cm³/mol. The van der Waals surface area contributed by atoms with E-state index < -0.39 is 5.60 Å². The highest BCUT2D eigenvalue weighted by atomic mass is 16.7. The van der Waals surface area contributed by atoms with E-state index in [1.54, 1.807) is 14.2 Å². The minimum atomic E-state index is -0.862. The normalized spacial score (nSPS) is 43.5. The first kappa shape index (κ1) is 23.4. The Balaban J connectivity index is 1.63. The van der Waals surface area contributed by atoms with Gasteiger partial charge in [0.1, 0.15) is 0 Å². The highest BCUT2D eigenvalue weighted by molar-refractivity contribution is 5.94. The number of hydrogen-bond acceptors (Lipinski definition) is 5. The molecule has 6 unspecified atom stereocenters. The molecule has 7 atom stereocenters. The van der Waals surface area contributed by atoms with Crippen LogP contribution >= 0.6 is 0 Å². The van der Waals surface area contributed by atoms with Crippen LogP contribution in [0.2, 0.25) is 0 Å². The van der Waals surface area contributed by atoms with Crippen molar-refractivity contribution < 1.29 is 19.4 Å². The van der Waals surface area contributed by atoms with E-state index in [9.17, 15) is 9.90 Å². The summed E-state index contributed by atoms with van der Waals surface area (Å²) in [5, 5.41) is 12.3. The lowest BCUT2D eigenvalue weighted by Crippen LogP contribution is -2.59. The quantitative estimate of drug-likeness (QED) is 0.637. The largest absolute Gasteiger partial charge is 0.385 e. The Morgan fingerprint density at radius 3 is 2.48 bits per heavy atom. The predicted octanol–water partition coefficient (Wildman–Crippen LogP) is 4.19. The maximum atomic E-state index is 13.2. The zero-order chi connectivity index (χ0) is 22.6. The van der Waals surface area contributed by atoms with Gasteiger partial charge in [-0.2, -0.15) is 0 Å². The minimum Gasteiger partial charge on any atom is -0.385 e. The smallest absolute Gasteiger partial charge is 0.169 e. The third-order valence-corrected chi connectivity index (χ3v) is 10.3. The van der Waals surface area contributed by atoms with Gasteiger partial charge in [0, 0.05) is 38.1 Å². The van der Waals surface area contributed by atoms with Crippen LogP contribution < -0.4 is 0 Å². The van der Waals surface area contributed by atoms with Crippen molar-refractivity contribution in [2.45, 2.75) is 90.1 Å². The van der Waals surface area contributed by atoms with Crippen LogP contribution in [0.4, 0.5) is 0 Å². The molecule has 1 N–H and O–H groups in total. The van der Waals surface area contributed by atoms with Crippen LogP contribution in [0.25, 0.3) is 0 Å². The monoisotopic (exact) mass is 433 g/mol. The fraction of sp³-hybridized carbons (Fsp3) is 0.885. The van der Waals surface area contributed by atoms with Crippen molar-refractivity contribution >= 4 is 5.78 Å². The van der Waals surface area contributed by atoms with E-state index in [4.69, 9.17) is 9.47 Å². The zero-order valence-corrected chi connectivity index (χ0v) is 20.4. The highest BCUT2D eigenvalue weighted by Gasteiger charge is 2.66. The molecular weight excluding hydrogens is 390 g/mol. The van der Waals surface area contributed by atoms with Gasteiger partial charge in [0.05, 0.1) is 5.60 Å². The maximum Gasteiger partial charge on any atom is 0.169 e. The summed E-state index contributed by atoms with van der Waals surface area (Å²) < 4.78 is 10.8. The van der Waals surface area contributed by atoms with E-state index in [1.807, 2.05) is 6.08 Å². The topological polar surface area (TPSA) is 59.0 Å². The molecule has 0 saturated heterocycles. The molecule has 31 heavy (non-hydrogen) atoms. The number of fused-ring (bicyclic) bond motifs is 5. The number of hydrogen-bond donors (Lipinski definition) is 1. The lowest BCUT2D eigenvalue weighted by molar-refractivity contribution is -0.140. The molecule has 4 rings (SSSR count). The summed E-state index contributed by atoms with van der Waals surface area (Å²) in [7, 11) is 5.48. The van der Waals surface area contributed by atoms with E-state index in [1.165, 1.54) is 12.8 Å². The first-order chi connectivity index (χ1) is 14.6. The lowest BCUT2D eigenvalue weighted by Gasteiger charge is -2.59. The Hall–Kier alpha value is -0.750. The van der Waals surface area contributed by atoms with Crippen LogP contribution in [-0.4, -0.2) is 61.5 Å². The van der Waals surface area contributed by atoms with Crippen molar-refractivity contribution in [2.75, 3.05) is 27.8 Å². The molecule has 3 saturated carbocycles. The Labute approximate surface area is 188 Å². The van der Waals surface area contributed by atoms with Crippen molar-refractivity contribution in [3.05, 3.63) is 11.6 Å². The molecule has 5 nitrogen and oxygen atoms in total. The average Bonchev–Trinajstić information content (AvgIpc) is 3.03. The molecule has 176 valence electrons. The van der Waals surface area contributed by atoms with E-state index in [2.05, 4.69) is 32.7 Å². The molecule has 0 amide bonds. The lowest BCUT2D eigenvalue weighted by atomic mass is 9.46. The van der Waals surface area contributed by atoms with Gasteiger partial charge in [-0.25, -0.2) is 0 Å². The van der Waals surface area contributed by atoms with E-state index in [-0.39, 0.29) is 28.8 Å². The van der Waals surface area contributed by atoms with Crippen molar-refractivity contribution in [2.24, 2.45) is 28.6 Å². The molecule has 0 aromatic rings. The molecule has 0 aromatic carbocycles. The number of likely N-dealkylation sites (N-methyl/N-ethyl adjacent to an activating group) is 1. The van der Waals surface area contributed by atoms with Crippen LogP contribution in [0.15, 0.2) is 11.6 Å². The molecule has 5 heteroatoms. The summed E-state index contributed by atoms with van der Waals surface area (Å²) in [6.07, 6.45) is 10.1. The van der Waals surface area contributed by atoms with Gasteiger partial charge in [-0.1, -0.05) is 26.7 Å². The molecule has 0 radical (unpaired) electrons. The number of nitrogens with zero attached hydrogens (tertiary/aromatic N) is 1. The minimum absolute atomic E-state index is 0.0289. The summed E-state index contributed by atoms with van der Waals surface area (Å²) >= 11 is 0. The van der Waals surface area contributed by atoms with E-state index in [0.717, 1.165) is 44.1 Å². The Bertz CT molecular complexity index is 733. The number of allylic oxidation sites excluding steroid dienone is 1. The first-order valence-corrected chi connectivity index (χ1v) is 12.4. The van der Waals surface area contributed by atoms with Crippen LogP contribution in [-0.2, 0) is 14.3 Å². The second-order valence-electron chi connectivity index (χ2n) is 11.4. The van der Waals surface area contributed by atoms with Crippen molar-refractivity contribution in [3.63, 3.8) is 0 Å². The Kier molecular flexibility index (Phi) is 6.22. The fourth-order valence-corrected chi connectivity index (χ4v) is 8.16. The third kappa shape index (κ3) is 3.37. The number of ketones is 1. The molecule has 0 heterocycles. The van der Waals surface area contributed by atoms with Gasteiger partial charge in [0.2, 0.25) is 0 Å². The van der Waals surface area contributed by atoms with Gasteiger partial charge in [0.25, 0.3) is 0 Å². The van der Waals surface area contributed by atoms with Crippen molar-refractivity contribution in [1.82, 2.24) is 4.90 Å².